The summed E-state index contributed by atoms with van der Waals surface area (Å²) in [5.41, 5.74) is 0.0426. The van der Waals surface area contributed by atoms with Gasteiger partial charge in [0.25, 0.3) is 5.91 Å². The van der Waals surface area contributed by atoms with Gasteiger partial charge in [0, 0.05) is 36.1 Å². The quantitative estimate of drug-likeness (QED) is 0.859. The number of carbonyl (C=O) groups is 2. The monoisotopic (exact) mass is 363 g/mol. The minimum atomic E-state index is -1.70. The highest BCUT2D eigenvalue weighted by Gasteiger charge is 2.40. The number of piperidine rings is 1. The molecule has 2 N–H and O–H groups in total. The van der Waals surface area contributed by atoms with Crippen LogP contribution in [0.4, 0.5) is 0 Å². The third kappa shape index (κ3) is 4.01. The molecule has 0 spiro atoms. The maximum Gasteiger partial charge on any atom is 0.335 e. The van der Waals surface area contributed by atoms with Gasteiger partial charge in [-0.1, -0.05) is 24.5 Å². The van der Waals surface area contributed by atoms with Crippen molar-refractivity contribution in [2.75, 3.05) is 13.1 Å². The van der Waals surface area contributed by atoms with Crippen LogP contribution in [0.25, 0.3) is 0 Å². The number of carbonyl (C=O) groups excluding carboxylic acids is 1. The van der Waals surface area contributed by atoms with Crippen molar-refractivity contribution < 1.29 is 19.8 Å². The first-order valence-electron chi connectivity index (χ1n) is 8.91. The van der Waals surface area contributed by atoms with Crippen molar-refractivity contribution in [1.82, 2.24) is 4.90 Å². The van der Waals surface area contributed by atoms with E-state index in [4.69, 9.17) is 5.11 Å². The zero-order chi connectivity index (χ0) is 18.0. The molecule has 2 fully saturated rings. The first kappa shape index (κ1) is 18.3. The molecule has 1 amide bonds. The maximum atomic E-state index is 13.0. The van der Waals surface area contributed by atoms with Crippen molar-refractivity contribution in [3.05, 3.63) is 29.3 Å². The minimum absolute atomic E-state index is 0.0587. The molecule has 0 atom stereocenters. The highest BCUT2D eigenvalue weighted by atomic mass is 32.2. The van der Waals surface area contributed by atoms with Crippen LogP contribution >= 0.6 is 11.8 Å². The van der Waals surface area contributed by atoms with Gasteiger partial charge in [0.2, 0.25) is 0 Å². The first-order valence-corrected chi connectivity index (χ1v) is 9.79. The van der Waals surface area contributed by atoms with Gasteiger partial charge in [0.15, 0.2) is 5.60 Å². The van der Waals surface area contributed by atoms with E-state index in [0.29, 0.717) is 10.8 Å². The Bertz CT molecular complexity index is 661. The molecule has 5 nitrogen and oxygen atoms in total. The Morgan fingerprint density at radius 2 is 1.84 bits per heavy atom. The number of aliphatic hydroxyl groups is 1. The van der Waals surface area contributed by atoms with E-state index >= 15 is 0 Å². The summed E-state index contributed by atoms with van der Waals surface area (Å²) in [4.78, 5) is 26.9. The van der Waals surface area contributed by atoms with E-state index < -0.39 is 11.6 Å². The van der Waals surface area contributed by atoms with Gasteiger partial charge in [-0.05, 0) is 31.9 Å². The molecule has 0 bridgehead atoms. The normalized spacial score (nSPS) is 20.6. The second kappa shape index (κ2) is 7.38. The number of carboxylic acid groups (broad SMARTS) is 1. The Kier molecular flexibility index (Phi) is 5.39. The molecule has 1 saturated heterocycles. The van der Waals surface area contributed by atoms with Crippen LogP contribution in [-0.2, 0) is 4.79 Å². The fourth-order valence-corrected chi connectivity index (χ4v) is 4.91. The number of benzene rings is 1. The smallest absolute Gasteiger partial charge is 0.335 e. The molecule has 2 aliphatic rings. The SMILES string of the molecule is Cc1ccc(SC2CCCC2)c(C(=O)N2CCC(O)(C(=O)O)CC2)c1. The van der Waals surface area contributed by atoms with E-state index in [1.807, 2.05) is 25.1 Å². The molecule has 136 valence electrons. The lowest BCUT2D eigenvalue weighted by Gasteiger charge is -2.35. The van der Waals surface area contributed by atoms with Crippen LogP contribution in [0, 0.1) is 6.92 Å². The minimum Gasteiger partial charge on any atom is -0.479 e. The van der Waals surface area contributed by atoms with E-state index in [9.17, 15) is 14.7 Å². The summed E-state index contributed by atoms with van der Waals surface area (Å²) in [6.45, 7) is 2.51. The Hall–Kier alpha value is -1.53. The van der Waals surface area contributed by atoms with Gasteiger partial charge in [-0.15, -0.1) is 11.8 Å². The molecule has 0 radical (unpaired) electrons. The van der Waals surface area contributed by atoms with E-state index in [2.05, 4.69) is 0 Å². The number of likely N-dealkylation sites (tertiary alicyclic amines) is 1. The van der Waals surface area contributed by atoms with Crippen LogP contribution in [0.15, 0.2) is 23.1 Å². The summed E-state index contributed by atoms with van der Waals surface area (Å²) in [6, 6.07) is 5.99. The molecule has 1 aliphatic heterocycles. The molecule has 1 heterocycles. The van der Waals surface area contributed by atoms with E-state index in [-0.39, 0.29) is 31.8 Å². The molecule has 3 rings (SSSR count). The topological polar surface area (TPSA) is 77.8 Å². The van der Waals surface area contributed by atoms with E-state index in [1.54, 1.807) is 16.7 Å². The summed E-state index contributed by atoms with van der Waals surface area (Å²) < 4.78 is 0. The summed E-state index contributed by atoms with van der Waals surface area (Å²) in [5.74, 6) is -1.26. The van der Waals surface area contributed by atoms with Crippen LogP contribution in [-0.4, -0.2) is 50.9 Å². The van der Waals surface area contributed by atoms with Crippen molar-refractivity contribution in [3.8, 4) is 0 Å². The Balaban J connectivity index is 1.75. The lowest BCUT2D eigenvalue weighted by atomic mass is 9.91. The van der Waals surface area contributed by atoms with Crippen LogP contribution < -0.4 is 0 Å². The third-order valence-corrected chi connectivity index (χ3v) is 6.65. The second-order valence-corrected chi connectivity index (χ2v) is 8.50. The number of aliphatic carboxylic acids is 1. The third-order valence-electron chi connectivity index (χ3n) is 5.24. The standard InChI is InChI=1S/C19H25NO4S/c1-13-6-7-16(25-14-4-2-3-5-14)15(12-13)17(21)20-10-8-19(24,9-11-20)18(22)23/h6-7,12,14,24H,2-5,8-11H2,1H3,(H,22,23). The lowest BCUT2D eigenvalue weighted by molar-refractivity contribution is -0.162. The highest BCUT2D eigenvalue weighted by Crippen LogP contribution is 2.37. The molecule has 6 heteroatoms. The second-order valence-electron chi connectivity index (χ2n) is 7.15. The molecular formula is C19H25NO4S. The predicted octanol–water partition coefficient (Wildman–Crippen LogP) is 3.08. The van der Waals surface area contributed by atoms with Crippen LogP contribution in [0.3, 0.4) is 0 Å². The fourth-order valence-electron chi connectivity index (χ4n) is 3.56. The van der Waals surface area contributed by atoms with Crippen molar-refractivity contribution in [2.24, 2.45) is 0 Å². The van der Waals surface area contributed by atoms with Gasteiger partial charge in [0.1, 0.15) is 0 Å². The Morgan fingerprint density at radius 3 is 2.44 bits per heavy atom. The maximum absolute atomic E-state index is 13.0. The van der Waals surface area contributed by atoms with Gasteiger partial charge in [-0.3, -0.25) is 4.79 Å². The molecule has 1 aliphatic carbocycles. The Labute approximate surface area is 152 Å². The van der Waals surface area contributed by atoms with Crippen molar-refractivity contribution in [3.63, 3.8) is 0 Å². The van der Waals surface area contributed by atoms with Crippen molar-refractivity contribution in [1.29, 1.82) is 0 Å². The average Bonchev–Trinajstić information content (AvgIpc) is 3.09. The predicted molar refractivity (Wildman–Crippen MR) is 97.0 cm³/mol. The number of amides is 1. The van der Waals surface area contributed by atoms with Crippen LogP contribution in [0.5, 0.6) is 0 Å². The molecule has 0 unspecified atom stereocenters. The molecule has 1 saturated carbocycles. The number of rotatable bonds is 4. The number of aryl methyl sites for hydroxylation is 1. The van der Waals surface area contributed by atoms with Crippen LogP contribution in [0.1, 0.15) is 54.4 Å². The first-order chi connectivity index (χ1) is 11.9. The Morgan fingerprint density at radius 1 is 1.20 bits per heavy atom. The van der Waals surface area contributed by atoms with E-state index in [0.717, 1.165) is 10.5 Å². The number of hydrogen-bond donors (Lipinski definition) is 2. The number of thioether (sulfide) groups is 1. The highest BCUT2D eigenvalue weighted by molar-refractivity contribution is 8.00. The summed E-state index contributed by atoms with van der Waals surface area (Å²) >= 11 is 1.79. The molecular weight excluding hydrogens is 338 g/mol. The van der Waals surface area contributed by atoms with Crippen molar-refractivity contribution in [2.45, 2.75) is 61.2 Å². The number of nitrogens with zero attached hydrogens (tertiary/aromatic N) is 1. The van der Waals surface area contributed by atoms with Crippen molar-refractivity contribution >= 4 is 23.6 Å². The molecule has 0 aromatic heterocycles. The zero-order valence-corrected chi connectivity index (χ0v) is 15.3. The zero-order valence-electron chi connectivity index (χ0n) is 14.5. The molecule has 25 heavy (non-hydrogen) atoms. The van der Waals surface area contributed by atoms with Gasteiger partial charge >= 0.3 is 5.97 Å². The summed E-state index contributed by atoms with van der Waals surface area (Å²) in [6.07, 6.45) is 5.05. The summed E-state index contributed by atoms with van der Waals surface area (Å²) in [5, 5.41) is 19.8. The van der Waals surface area contributed by atoms with Gasteiger partial charge in [0.05, 0.1) is 5.56 Å². The molecule has 1 aromatic rings. The van der Waals surface area contributed by atoms with Crippen LogP contribution in [0.2, 0.25) is 0 Å². The van der Waals surface area contributed by atoms with Gasteiger partial charge < -0.3 is 15.1 Å². The lowest BCUT2D eigenvalue weighted by Crippen LogP contribution is -2.50. The van der Waals surface area contributed by atoms with E-state index in [1.165, 1.54) is 25.7 Å². The molecule has 1 aromatic carbocycles. The average molecular weight is 363 g/mol. The number of carboxylic acids is 1. The van der Waals surface area contributed by atoms with Gasteiger partial charge in [-0.25, -0.2) is 4.79 Å². The largest absolute Gasteiger partial charge is 0.479 e. The number of hydrogen-bond acceptors (Lipinski definition) is 4. The fraction of sp³-hybridized carbons (Fsp3) is 0.579. The van der Waals surface area contributed by atoms with Gasteiger partial charge in [-0.2, -0.15) is 0 Å². The summed E-state index contributed by atoms with van der Waals surface area (Å²) in [7, 11) is 0.